The molecule has 2 heteroatoms. The third-order valence-electron chi connectivity index (χ3n) is 3.80. The Bertz CT molecular complexity index is 293. The van der Waals surface area contributed by atoms with Crippen LogP contribution in [-0.2, 0) is 6.42 Å². The summed E-state index contributed by atoms with van der Waals surface area (Å²) in [6, 6.07) is 5.18. The maximum absolute atomic E-state index is 3.41. The van der Waals surface area contributed by atoms with Gasteiger partial charge in [-0.1, -0.05) is 13.0 Å². The number of thiophene rings is 1. The van der Waals surface area contributed by atoms with Crippen LogP contribution in [0.4, 0.5) is 0 Å². The molecule has 1 saturated carbocycles. The lowest BCUT2D eigenvalue weighted by Crippen LogP contribution is -2.23. The van der Waals surface area contributed by atoms with Crippen molar-refractivity contribution in [1.29, 1.82) is 0 Å². The van der Waals surface area contributed by atoms with Crippen LogP contribution in [0.2, 0.25) is 0 Å². The molecule has 0 saturated heterocycles. The van der Waals surface area contributed by atoms with Gasteiger partial charge in [0.15, 0.2) is 0 Å². The van der Waals surface area contributed by atoms with E-state index < -0.39 is 0 Å². The van der Waals surface area contributed by atoms with Gasteiger partial charge in [0.25, 0.3) is 0 Å². The maximum atomic E-state index is 3.41. The van der Waals surface area contributed by atoms with Crippen LogP contribution in [0.5, 0.6) is 0 Å². The zero-order valence-electron chi connectivity index (χ0n) is 9.75. The number of hydrogen-bond donors (Lipinski definition) is 1. The van der Waals surface area contributed by atoms with Crippen LogP contribution in [0, 0.1) is 5.41 Å². The van der Waals surface area contributed by atoms with Gasteiger partial charge < -0.3 is 5.32 Å². The second-order valence-corrected chi connectivity index (χ2v) is 6.15. The summed E-state index contributed by atoms with van der Waals surface area (Å²) in [5.41, 5.74) is 0.581. The molecular weight excluding hydrogens is 202 g/mol. The molecule has 0 radical (unpaired) electrons. The minimum absolute atomic E-state index is 0.581. The Hall–Kier alpha value is -0.340. The van der Waals surface area contributed by atoms with E-state index in [-0.39, 0.29) is 0 Å². The lowest BCUT2D eigenvalue weighted by molar-refractivity contribution is 0.301. The van der Waals surface area contributed by atoms with Gasteiger partial charge >= 0.3 is 0 Å². The molecule has 1 N–H and O–H groups in total. The van der Waals surface area contributed by atoms with E-state index in [9.17, 15) is 0 Å². The molecule has 2 rings (SSSR count). The van der Waals surface area contributed by atoms with Crippen LogP contribution in [-0.4, -0.2) is 13.1 Å². The molecule has 0 spiro atoms. The second kappa shape index (κ2) is 4.67. The van der Waals surface area contributed by atoms with Gasteiger partial charge in [-0.2, -0.15) is 0 Å². The molecule has 2 unspecified atom stereocenters. The Balaban J connectivity index is 1.84. The number of hydrogen-bond acceptors (Lipinski definition) is 2. The van der Waals surface area contributed by atoms with Crippen molar-refractivity contribution in [3.8, 4) is 0 Å². The smallest absolute Gasteiger partial charge is 0.00694 e. The van der Waals surface area contributed by atoms with Gasteiger partial charge in [-0.15, -0.1) is 11.3 Å². The van der Waals surface area contributed by atoms with Crippen LogP contribution in [0.3, 0.4) is 0 Å². The monoisotopic (exact) mass is 223 g/mol. The highest BCUT2D eigenvalue weighted by atomic mass is 32.1. The third kappa shape index (κ3) is 2.82. The molecule has 0 bridgehead atoms. The maximum Gasteiger partial charge on any atom is 0.00694 e. The fraction of sp³-hybridized carbons (Fsp3) is 0.692. The molecule has 1 aliphatic rings. The third-order valence-corrected chi connectivity index (χ3v) is 4.74. The van der Waals surface area contributed by atoms with Gasteiger partial charge in [0.1, 0.15) is 0 Å². The lowest BCUT2D eigenvalue weighted by atomic mass is 9.83. The fourth-order valence-corrected chi connectivity index (χ4v) is 3.38. The molecule has 1 fully saturated rings. The number of rotatable bonds is 4. The largest absolute Gasteiger partial charge is 0.317 e. The molecule has 1 heterocycles. The summed E-state index contributed by atoms with van der Waals surface area (Å²) in [7, 11) is 2.09. The molecule has 1 aromatic heterocycles. The normalized spacial score (nSPS) is 30.9. The summed E-state index contributed by atoms with van der Waals surface area (Å²) in [6.45, 7) is 2.46. The molecule has 1 aromatic rings. The zero-order valence-corrected chi connectivity index (χ0v) is 10.6. The van der Waals surface area contributed by atoms with Crippen molar-refractivity contribution in [1.82, 2.24) is 5.32 Å². The Labute approximate surface area is 96.9 Å². The van der Waals surface area contributed by atoms with E-state index in [1.54, 1.807) is 4.88 Å². The van der Waals surface area contributed by atoms with Crippen LogP contribution >= 0.6 is 11.3 Å². The molecule has 0 aromatic carbocycles. The van der Waals surface area contributed by atoms with Crippen LogP contribution in [0.15, 0.2) is 17.5 Å². The first-order valence-electron chi connectivity index (χ1n) is 5.91. The highest BCUT2D eigenvalue weighted by Crippen LogP contribution is 2.41. The molecule has 1 nitrogen and oxygen atoms in total. The standard InChI is InChI=1S/C13H21NS/c1-13(7-5-11(10-13)14-2)8-6-12-4-3-9-15-12/h3-4,9,11,14H,5-8,10H2,1-2H3. The quantitative estimate of drug-likeness (QED) is 0.824. The Morgan fingerprint density at radius 3 is 3.07 bits per heavy atom. The van der Waals surface area contributed by atoms with Crippen LogP contribution in [0.25, 0.3) is 0 Å². The highest BCUT2D eigenvalue weighted by molar-refractivity contribution is 7.09. The van der Waals surface area contributed by atoms with Crippen LogP contribution < -0.4 is 5.32 Å². The Kier molecular flexibility index (Phi) is 3.47. The van der Waals surface area contributed by atoms with Gasteiger partial charge in [-0.05, 0) is 56.0 Å². The Morgan fingerprint density at radius 2 is 2.47 bits per heavy atom. The van der Waals surface area contributed by atoms with Crippen molar-refractivity contribution in [2.24, 2.45) is 5.41 Å². The molecule has 0 aliphatic heterocycles. The summed E-state index contributed by atoms with van der Waals surface area (Å²) in [6.07, 6.45) is 6.73. The predicted octanol–water partition coefficient (Wildman–Crippen LogP) is 3.46. The summed E-state index contributed by atoms with van der Waals surface area (Å²) >= 11 is 1.90. The molecule has 15 heavy (non-hydrogen) atoms. The van der Waals surface area contributed by atoms with E-state index in [0.29, 0.717) is 5.41 Å². The number of aryl methyl sites for hydroxylation is 1. The predicted molar refractivity (Wildman–Crippen MR) is 67.4 cm³/mol. The lowest BCUT2D eigenvalue weighted by Gasteiger charge is -2.23. The van der Waals surface area contributed by atoms with E-state index in [1.165, 1.54) is 32.1 Å². The van der Waals surface area contributed by atoms with E-state index >= 15 is 0 Å². The first-order valence-corrected chi connectivity index (χ1v) is 6.79. The van der Waals surface area contributed by atoms with Gasteiger partial charge in [-0.25, -0.2) is 0 Å². The van der Waals surface area contributed by atoms with Crippen molar-refractivity contribution in [3.63, 3.8) is 0 Å². The minimum atomic E-state index is 0.581. The van der Waals surface area contributed by atoms with Gasteiger partial charge in [-0.3, -0.25) is 0 Å². The summed E-state index contributed by atoms with van der Waals surface area (Å²) in [5.74, 6) is 0. The average molecular weight is 223 g/mol. The second-order valence-electron chi connectivity index (χ2n) is 5.12. The van der Waals surface area contributed by atoms with Crippen molar-refractivity contribution in [3.05, 3.63) is 22.4 Å². The molecule has 84 valence electrons. The molecule has 0 amide bonds. The van der Waals surface area contributed by atoms with E-state index in [0.717, 1.165) is 6.04 Å². The fourth-order valence-electron chi connectivity index (χ4n) is 2.67. The van der Waals surface area contributed by atoms with Gasteiger partial charge in [0, 0.05) is 10.9 Å². The van der Waals surface area contributed by atoms with E-state index in [1.807, 2.05) is 11.3 Å². The van der Waals surface area contributed by atoms with Gasteiger partial charge in [0.05, 0.1) is 0 Å². The van der Waals surface area contributed by atoms with Crippen LogP contribution in [0.1, 0.15) is 37.5 Å². The SMILES string of the molecule is CNC1CCC(C)(CCc2cccs2)C1. The average Bonchev–Trinajstić information content (AvgIpc) is 2.84. The topological polar surface area (TPSA) is 12.0 Å². The Morgan fingerprint density at radius 1 is 1.60 bits per heavy atom. The van der Waals surface area contributed by atoms with E-state index in [4.69, 9.17) is 0 Å². The van der Waals surface area contributed by atoms with Crippen molar-refractivity contribution in [2.45, 2.75) is 45.1 Å². The molecule has 1 aliphatic carbocycles. The van der Waals surface area contributed by atoms with Gasteiger partial charge in [0.2, 0.25) is 0 Å². The summed E-state index contributed by atoms with van der Waals surface area (Å²) in [5, 5.41) is 5.60. The summed E-state index contributed by atoms with van der Waals surface area (Å²) in [4.78, 5) is 1.55. The van der Waals surface area contributed by atoms with Crippen molar-refractivity contribution in [2.75, 3.05) is 7.05 Å². The highest BCUT2D eigenvalue weighted by Gasteiger charge is 2.33. The summed E-state index contributed by atoms with van der Waals surface area (Å²) < 4.78 is 0. The first-order chi connectivity index (χ1) is 7.22. The molecular formula is C13H21NS. The van der Waals surface area contributed by atoms with Crippen molar-refractivity contribution < 1.29 is 0 Å². The minimum Gasteiger partial charge on any atom is -0.317 e. The number of nitrogens with one attached hydrogen (secondary N) is 1. The zero-order chi connectivity index (χ0) is 10.7. The van der Waals surface area contributed by atoms with Crippen molar-refractivity contribution >= 4 is 11.3 Å². The van der Waals surface area contributed by atoms with E-state index in [2.05, 4.69) is 36.8 Å². The molecule has 2 atom stereocenters. The first kappa shape index (κ1) is 11.2.